The Hall–Kier alpha value is -0.940. The zero-order valence-corrected chi connectivity index (χ0v) is 10.7. The highest BCUT2D eigenvalue weighted by molar-refractivity contribution is 4.97. The lowest BCUT2D eigenvalue weighted by Gasteiger charge is -2.24. The van der Waals surface area contributed by atoms with Crippen LogP contribution in [0.3, 0.4) is 0 Å². The smallest absolute Gasteiger partial charge is 0.146 e. The lowest BCUT2D eigenvalue weighted by atomic mass is 9.94. The predicted octanol–water partition coefficient (Wildman–Crippen LogP) is 0.307. The van der Waals surface area contributed by atoms with Gasteiger partial charge in [0.1, 0.15) is 11.6 Å². The van der Waals surface area contributed by atoms with E-state index in [0.717, 1.165) is 30.7 Å². The first-order chi connectivity index (χ1) is 8.24. The van der Waals surface area contributed by atoms with E-state index in [0.29, 0.717) is 6.04 Å². The van der Waals surface area contributed by atoms with Gasteiger partial charge in [0.25, 0.3) is 0 Å². The summed E-state index contributed by atoms with van der Waals surface area (Å²) in [6.07, 6.45) is 2.71. The van der Waals surface area contributed by atoms with Gasteiger partial charge in [-0.15, -0.1) is 10.2 Å². The Morgan fingerprint density at radius 2 is 2.24 bits per heavy atom. The monoisotopic (exact) mass is 235 g/mol. The molecule has 5 heteroatoms. The molecule has 2 fully saturated rings. The summed E-state index contributed by atoms with van der Waals surface area (Å²) in [5.41, 5.74) is 0. The molecule has 1 aromatic rings. The molecule has 17 heavy (non-hydrogen) atoms. The highest BCUT2D eigenvalue weighted by atomic mass is 15.3. The summed E-state index contributed by atoms with van der Waals surface area (Å²) in [4.78, 5) is 2.51. The van der Waals surface area contributed by atoms with Crippen molar-refractivity contribution in [2.45, 2.75) is 32.4 Å². The van der Waals surface area contributed by atoms with Crippen LogP contribution in [0.25, 0.3) is 0 Å². The minimum atomic E-state index is 0.707. The van der Waals surface area contributed by atoms with Crippen molar-refractivity contribution in [2.75, 3.05) is 19.6 Å². The number of aryl methyl sites for hydroxylation is 1. The minimum absolute atomic E-state index is 0.707. The molecule has 0 bridgehead atoms. The quantitative estimate of drug-likeness (QED) is 0.801. The Morgan fingerprint density at radius 1 is 1.35 bits per heavy atom. The Labute approximate surface area is 102 Å². The van der Waals surface area contributed by atoms with Crippen LogP contribution in [0.2, 0.25) is 0 Å². The molecule has 0 saturated carbocycles. The molecular weight excluding hydrogens is 214 g/mol. The van der Waals surface area contributed by atoms with Crippen molar-refractivity contribution in [1.82, 2.24) is 25.0 Å². The van der Waals surface area contributed by atoms with Crippen LogP contribution in [0, 0.1) is 12.8 Å². The topological polar surface area (TPSA) is 46.0 Å². The fourth-order valence-corrected chi connectivity index (χ4v) is 3.05. The van der Waals surface area contributed by atoms with Crippen molar-refractivity contribution in [2.24, 2.45) is 13.0 Å². The average Bonchev–Trinajstić information content (AvgIpc) is 2.87. The summed E-state index contributed by atoms with van der Waals surface area (Å²) in [5.74, 6) is 2.92. The van der Waals surface area contributed by atoms with Crippen molar-refractivity contribution in [3.8, 4) is 0 Å². The number of aromatic nitrogens is 3. The molecular formula is C12H21N5. The maximum atomic E-state index is 4.25. The molecule has 2 atom stereocenters. The van der Waals surface area contributed by atoms with E-state index in [4.69, 9.17) is 0 Å². The molecule has 0 aliphatic carbocycles. The standard InChI is InChI=1S/C12H21N5/c1-9-14-15-12(16(9)2)8-17-6-10-4-3-5-13-11(10)7-17/h10-11,13H,3-8H2,1-2H3/t10-,11+/m0/s1. The SMILES string of the molecule is Cc1nnc(CN2C[C@@H]3CCCN[C@@H]3C2)n1C. The maximum Gasteiger partial charge on any atom is 0.146 e. The van der Waals surface area contributed by atoms with E-state index in [2.05, 4.69) is 25.0 Å². The van der Waals surface area contributed by atoms with Gasteiger partial charge in [0.05, 0.1) is 6.54 Å². The van der Waals surface area contributed by atoms with Crippen LogP contribution in [0.15, 0.2) is 0 Å². The third-order valence-electron chi connectivity index (χ3n) is 4.22. The number of rotatable bonds is 2. The van der Waals surface area contributed by atoms with E-state index >= 15 is 0 Å². The van der Waals surface area contributed by atoms with Gasteiger partial charge in [-0.05, 0) is 32.2 Å². The summed E-state index contributed by atoms with van der Waals surface area (Å²) >= 11 is 0. The second kappa shape index (κ2) is 4.38. The first-order valence-electron chi connectivity index (χ1n) is 6.54. The molecule has 0 amide bonds. The average molecular weight is 235 g/mol. The van der Waals surface area contributed by atoms with Crippen LogP contribution >= 0.6 is 0 Å². The third-order valence-corrected chi connectivity index (χ3v) is 4.22. The number of nitrogens with zero attached hydrogens (tertiary/aromatic N) is 4. The van der Waals surface area contributed by atoms with E-state index in [-0.39, 0.29) is 0 Å². The van der Waals surface area contributed by atoms with Gasteiger partial charge in [0.2, 0.25) is 0 Å². The van der Waals surface area contributed by atoms with Gasteiger partial charge in [-0.25, -0.2) is 0 Å². The molecule has 2 saturated heterocycles. The number of nitrogens with one attached hydrogen (secondary N) is 1. The molecule has 2 aliphatic rings. The summed E-state index contributed by atoms with van der Waals surface area (Å²) in [5, 5.41) is 12.0. The fourth-order valence-electron chi connectivity index (χ4n) is 3.05. The molecule has 3 heterocycles. The van der Waals surface area contributed by atoms with Gasteiger partial charge in [-0.1, -0.05) is 0 Å². The predicted molar refractivity (Wildman–Crippen MR) is 65.5 cm³/mol. The van der Waals surface area contributed by atoms with Crippen LogP contribution in [0.4, 0.5) is 0 Å². The van der Waals surface area contributed by atoms with Gasteiger partial charge in [0.15, 0.2) is 0 Å². The number of piperidine rings is 1. The lowest BCUT2D eigenvalue weighted by molar-refractivity contribution is 0.301. The van der Waals surface area contributed by atoms with Gasteiger partial charge in [-0.3, -0.25) is 4.90 Å². The van der Waals surface area contributed by atoms with E-state index in [1.165, 1.54) is 25.9 Å². The molecule has 0 unspecified atom stereocenters. The fraction of sp³-hybridized carbons (Fsp3) is 0.833. The molecule has 0 spiro atoms. The molecule has 5 nitrogen and oxygen atoms in total. The number of hydrogen-bond donors (Lipinski definition) is 1. The van der Waals surface area contributed by atoms with Crippen molar-refractivity contribution >= 4 is 0 Å². The zero-order valence-electron chi connectivity index (χ0n) is 10.7. The van der Waals surface area contributed by atoms with Gasteiger partial charge in [0, 0.05) is 26.2 Å². The van der Waals surface area contributed by atoms with Gasteiger partial charge in [-0.2, -0.15) is 0 Å². The summed E-state index contributed by atoms with van der Waals surface area (Å²) in [7, 11) is 2.05. The van der Waals surface area contributed by atoms with E-state index in [1.807, 2.05) is 14.0 Å². The van der Waals surface area contributed by atoms with E-state index < -0.39 is 0 Å². The van der Waals surface area contributed by atoms with Crippen LogP contribution in [-0.4, -0.2) is 45.3 Å². The van der Waals surface area contributed by atoms with Crippen molar-refractivity contribution in [3.63, 3.8) is 0 Å². The largest absolute Gasteiger partial charge is 0.317 e. The van der Waals surface area contributed by atoms with Gasteiger partial charge < -0.3 is 9.88 Å². The van der Waals surface area contributed by atoms with Crippen molar-refractivity contribution < 1.29 is 0 Å². The zero-order chi connectivity index (χ0) is 11.8. The Morgan fingerprint density at radius 3 is 2.94 bits per heavy atom. The van der Waals surface area contributed by atoms with Crippen LogP contribution < -0.4 is 5.32 Å². The first-order valence-corrected chi connectivity index (χ1v) is 6.54. The van der Waals surface area contributed by atoms with Crippen LogP contribution in [0.1, 0.15) is 24.5 Å². The maximum absolute atomic E-state index is 4.25. The van der Waals surface area contributed by atoms with Crippen LogP contribution in [-0.2, 0) is 13.6 Å². The van der Waals surface area contributed by atoms with Crippen molar-refractivity contribution in [1.29, 1.82) is 0 Å². The number of fused-ring (bicyclic) bond motifs is 1. The first kappa shape index (κ1) is 11.2. The molecule has 0 radical (unpaired) electrons. The van der Waals surface area contributed by atoms with Crippen molar-refractivity contribution in [3.05, 3.63) is 11.6 Å². The number of likely N-dealkylation sites (tertiary alicyclic amines) is 1. The summed E-state index contributed by atoms with van der Waals surface area (Å²) in [6, 6.07) is 0.707. The number of hydrogen-bond acceptors (Lipinski definition) is 4. The second-order valence-corrected chi connectivity index (χ2v) is 5.38. The second-order valence-electron chi connectivity index (χ2n) is 5.38. The molecule has 94 valence electrons. The third kappa shape index (κ3) is 2.09. The molecule has 0 aromatic carbocycles. The van der Waals surface area contributed by atoms with Gasteiger partial charge >= 0.3 is 0 Å². The van der Waals surface area contributed by atoms with Crippen LogP contribution in [0.5, 0.6) is 0 Å². The Bertz CT molecular complexity index is 386. The summed E-state index contributed by atoms with van der Waals surface area (Å²) in [6.45, 7) is 6.51. The molecule has 1 N–H and O–H groups in total. The highest BCUT2D eigenvalue weighted by Gasteiger charge is 2.34. The van der Waals surface area contributed by atoms with E-state index in [1.54, 1.807) is 0 Å². The minimum Gasteiger partial charge on any atom is -0.317 e. The van der Waals surface area contributed by atoms with E-state index in [9.17, 15) is 0 Å². The lowest BCUT2D eigenvalue weighted by Crippen LogP contribution is -2.40. The normalized spacial score (nSPS) is 29.5. The molecule has 3 rings (SSSR count). The summed E-state index contributed by atoms with van der Waals surface area (Å²) < 4.78 is 2.09. The molecule has 2 aliphatic heterocycles. The molecule has 1 aromatic heterocycles. The Balaban J connectivity index is 1.65. The highest BCUT2D eigenvalue weighted by Crippen LogP contribution is 2.25. The Kier molecular flexibility index (Phi) is 2.88.